The van der Waals surface area contributed by atoms with E-state index in [2.05, 4.69) is 9.97 Å². The monoisotopic (exact) mass is 239 g/mol. The highest BCUT2D eigenvalue weighted by Crippen LogP contribution is 2.15. The smallest absolute Gasteiger partial charge is 0.305 e. The van der Waals surface area contributed by atoms with Crippen molar-refractivity contribution in [3.63, 3.8) is 0 Å². The number of hydrogen-bond acceptors (Lipinski definition) is 5. The van der Waals surface area contributed by atoms with Crippen molar-refractivity contribution in [1.82, 2.24) is 9.97 Å². The summed E-state index contributed by atoms with van der Waals surface area (Å²) >= 11 is 0. The molecular weight excluding hydrogens is 226 g/mol. The number of carboxylic acids is 1. The van der Waals surface area contributed by atoms with Crippen LogP contribution in [0.2, 0.25) is 0 Å². The summed E-state index contributed by atoms with van der Waals surface area (Å²) in [5.74, 6) is -0.667. The summed E-state index contributed by atoms with van der Waals surface area (Å²) in [7, 11) is 0. The maximum atomic E-state index is 11.6. The van der Waals surface area contributed by atoms with Crippen molar-refractivity contribution in [3.05, 3.63) is 22.7 Å². The molecule has 1 unspecified atom stereocenters. The van der Waals surface area contributed by atoms with E-state index in [0.29, 0.717) is 19.8 Å². The fourth-order valence-corrected chi connectivity index (χ4v) is 1.85. The van der Waals surface area contributed by atoms with Gasteiger partial charge in [-0.15, -0.1) is 0 Å². The molecule has 2 N–H and O–H groups in total. The maximum absolute atomic E-state index is 11.6. The second kappa shape index (κ2) is 4.96. The number of ether oxygens (including phenoxy) is 1. The molecule has 2 heterocycles. The minimum absolute atomic E-state index is 0.0734. The van der Waals surface area contributed by atoms with Gasteiger partial charge < -0.3 is 19.7 Å². The van der Waals surface area contributed by atoms with Gasteiger partial charge in [0.25, 0.3) is 5.56 Å². The topological polar surface area (TPSA) is 95.5 Å². The van der Waals surface area contributed by atoms with Crippen LogP contribution in [0.4, 0.5) is 5.82 Å². The minimum Gasteiger partial charge on any atom is -0.481 e. The number of nitrogens with one attached hydrogen (secondary N) is 1. The molecule has 1 aliphatic rings. The number of morpholine rings is 1. The van der Waals surface area contributed by atoms with Gasteiger partial charge in [0.1, 0.15) is 0 Å². The lowest BCUT2D eigenvalue weighted by Gasteiger charge is -2.34. The highest BCUT2D eigenvalue weighted by molar-refractivity contribution is 5.68. The summed E-state index contributed by atoms with van der Waals surface area (Å²) in [5, 5.41) is 8.81. The van der Waals surface area contributed by atoms with Crippen LogP contribution in [0.5, 0.6) is 0 Å². The van der Waals surface area contributed by atoms with E-state index in [1.807, 2.05) is 0 Å². The number of aromatic amines is 1. The molecule has 92 valence electrons. The minimum atomic E-state index is -0.919. The molecular formula is C10H13N3O4. The van der Waals surface area contributed by atoms with Crippen LogP contribution >= 0.6 is 0 Å². The second-order valence-corrected chi connectivity index (χ2v) is 3.76. The number of hydrogen-bond donors (Lipinski definition) is 2. The Morgan fingerprint density at radius 1 is 1.71 bits per heavy atom. The van der Waals surface area contributed by atoms with Crippen LogP contribution in [0.25, 0.3) is 0 Å². The van der Waals surface area contributed by atoms with Crippen molar-refractivity contribution < 1.29 is 14.6 Å². The number of anilines is 1. The zero-order valence-electron chi connectivity index (χ0n) is 9.13. The first kappa shape index (κ1) is 11.6. The Balaban J connectivity index is 2.25. The van der Waals surface area contributed by atoms with Gasteiger partial charge in [0, 0.05) is 18.9 Å². The molecule has 1 fully saturated rings. The average Bonchev–Trinajstić information content (AvgIpc) is 2.30. The van der Waals surface area contributed by atoms with E-state index in [-0.39, 0.29) is 23.8 Å². The number of nitrogens with zero attached hydrogens (tertiary/aromatic N) is 2. The van der Waals surface area contributed by atoms with Crippen LogP contribution in [0.3, 0.4) is 0 Å². The van der Waals surface area contributed by atoms with Crippen molar-refractivity contribution in [2.45, 2.75) is 12.5 Å². The van der Waals surface area contributed by atoms with E-state index in [0.717, 1.165) is 0 Å². The molecule has 7 heteroatoms. The predicted octanol–water partition coefficient (Wildman–Crippen LogP) is -0.550. The Morgan fingerprint density at radius 2 is 2.53 bits per heavy atom. The van der Waals surface area contributed by atoms with E-state index in [1.165, 1.54) is 12.4 Å². The summed E-state index contributed by atoms with van der Waals surface area (Å²) < 4.78 is 5.23. The molecule has 0 radical (unpaired) electrons. The van der Waals surface area contributed by atoms with E-state index in [1.54, 1.807) is 4.90 Å². The first-order chi connectivity index (χ1) is 8.18. The average molecular weight is 239 g/mol. The van der Waals surface area contributed by atoms with Crippen molar-refractivity contribution in [1.29, 1.82) is 0 Å². The number of rotatable bonds is 3. The third-order valence-corrected chi connectivity index (χ3v) is 2.60. The van der Waals surface area contributed by atoms with Gasteiger partial charge >= 0.3 is 5.97 Å². The number of carboxylic acid groups (broad SMARTS) is 1. The van der Waals surface area contributed by atoms with Crippen molar-refractivity contribution >= 4 is 11.8 Å². The number of aliphatic carboxylic acids is 1. The summed E-state index contributed by atoms with van der Waals surface area (Å²) in [4.78, 5) is 30.5. The highest BCUT2D eigenvalue weighted by Gasteiger charge is 2.27. The highest BCUT2D eigenvalue weighted by atomic mass is 16.5. The van der Waals surface area contributed by atoms with E-state index in [4.69, 9.17) is 9.84 Å². The third kappa shape index (κ3) is 2.62. The van der Waals surface area contributed by atoms with Gasteiger partial charge in [-0.2, -0.15) is 0 Å². The molecule has 0 saturated carbocycles. The van der Waals surface area contributed by atoms with E-state index >= 15 is 0 Å². The Morgan fingerprint density at radius 3 is 3.24 bits per heavy atom. The SMILES string of the molecule is O=C(O)CC1COCCN1c1ncc[nH]c1=O. The molecule has 0 aromatic carbocycles. The maximum Gasteiger partial charge on any atom is 0.305 e. The van der Waals surface area contributed by atoms with Crippen LogP contribution in [0.1, 0.15) is 6.42 Å². The van der Waals surface area contributed by atoms with Gasteiger partial charge in [-0.05, 0) is 0 Å². The van der Waals surface area contributed by atoms with Crippen LogP contribution in [-0.4, -0.2) is 46.8 Å². The molecule has 1 aromatic rings. The van der Waals surface area contributed by atoms with Crippen LogP contribution < -0.4 is 10.5 Å². The fraction of sp³-hybridized carbons (Fsp3) is 0.500. The van der Waals surface area contributed by atoms with Crippen LogP contribution in [-0.2, 0) is 9.53 Å². The molecule has 1 aliphatic heterocycles. The number of carbonyl (C=O) groups is 1. The Bertz CT molecular complexity index is 459. The molecule has 1 aromatic heterocycles. The van der Waals surface area contributed by atoms with Gasteiger partial charge in [0.2, 0.25) is 0 Å². The molecule has 0 bridgehead atoms. The summed E-state index contributed by atoms with van der Waals surface area (Å²) in [5.41, 5.74) is -0.315. The summed E-state index contributed by atoms with van der Waals surface area (Å²) in [6.45, 7) is 1.23. The molecule has 0 spiro atoms. The lowest BCUT2D eigenvalue weighted by atomic mass is 10.1. The first-order valence-corrected chi connectivity index (χ1v) is 5.28. The fourth-order valence-electron chi connectivity index (χ4n) is 1.85. The van der Waals surface area contributed by atoms with Crippen molar-refractivity contribution in [2.75, 3.05) is 24.7 Å². The van der Waals surface area contributed by atoms with Gasteiger partial charge in [0.15, 0.2) is 5.82 Å². The summed E-state index contributed by atoms with van der Waals surface area (Å²) in [6, 6.07) is -0.350. The summed E-state index contributed by atoms with van der Waals surface area (Å²) in [6.07, 6.45) is 2.85. The first-order valence-electron chi connectivity index (χ1n) is 5.28. The van der Waals surface area contributed by atoms with Crippen LogP contribution in [0.15, 0.2) is 17.2 Å². The molecule has 1 atom stereocenters. The lowest BCUT2D eigenvalue weighted by Crippen LogP contribution is -2.49. The largest absolute Gasteiger partial charge is 0.481 e. The zero-order valence-corrected chi connectivity index (χ0v) is 9.13. The molecule has 7 nitrogen and oxygen atoms in total. The van der Waals surface area contributed by atoms with Crippen LogP contribution in [0, 0.1) is 0 Å². The number of aromatic nitrogens is 2. The van der Waals surface area contributed by atoms with Gasteiger partial charge in [-0.3, -0.25) is 9.59 Å². The molecule has 1 saturated heterocycles. The van der Waals surface area contributed by atoms with Crippen molar-refractivity contribution in [2.24, 2.45) is 0 Å². The lowest BCUT2D eigenvalue weighted by molar-refractivity contribution is -0.138. The Labute approximate surface area is 97.0 Å². The van der Waals surface area contributed by atoms with E-state index in [9.17, 15) is 9.59 Å². The Hall–Kier alpha value is -1.89. The predicted molar refractivity (Wildman–Crippen MR) is 59.1 cm³/mol. The number of H-pyrrole nitrogens is 1. The molecule has 17 heavy (non-hydrogen) atoms. The van der Waals surface area contributed by atoms with Gasteiger partial charge in [0.05, 0.1) is 25.7 Å². The standard InChI is InChI=1S/C10H13N3O4/c14-8(15)5-7-6-17-4-3-13(7)9-10(16)12-2-1-11-9/h1-2,7H,3-6H2,(H,12,16)(H,14,15). The Kier molecular flexibility index (Phi) is 3.38. The third-order valence-electron chi connectivity index (χ3n) is 2.60. The molecule has 0 aliphatic carbocycles. The second-order valence-electron chi connectivity index (χ2n) is 3.76. The van der Waals surface area contributed by atoms with Gasteiger partial charge in [-0.1, -0.05) is 0 Å². The van der Waals surface area contributed by atoms with Crippen molar-refractivity contribution in [3.8, 4) is 0 Å². The molecule has 0 amide bonds. The zero-order chi connectivity index (χ0) is 12.3. The molecule has 2 rings (SSSR count). The van der Waals surface area contributed by atoms with Gasteiger partial charge in [-0.25, -0.2) is 4.98 Å². The quantitative estimate of drug-likeness (QED) is 0.734. The van der Waals surface area contributed by atoms with E-state index < -0.39 is 5.97 Å². The normalized spacial score (nSPS) is 20.2.